The first-order valence-electron chi connectivity index (χ1n) is 3.68. The second-order valence-electron chi connectivity index (χ2n) is 2.87. The van der Waals surface area contributed by atoms with Gasteiger partial charge < -0.3 is 0 Å². The Morgan fingerprint density at radius 1 is 1.00 bits per heavy atom. The molecule has 0 radical (unpaired) electrons. The maximum absolute atomic E-state index is 2.37. The van der Waals surface area contributed by atoms with Gasteiger partial charge in [-0.15, -0.1) is 0 Å². The van der Waals surface area contributed by atoms with E-state index < -0.39 is 6.81 Å². The molecule has 0 aliphatic carbocycles. The molecule has 8 heavy (non-hydrogen) atoms. The topological polar surface area (TPSA) is 0 Å². The number of hydrogen-bond acceptors (Lipinski definition) is 0. The van der Waals surface area contributed by atoms with E-state index in [0.29, 0.717) is 0 Å². The van der Waals surface area contributed by atoms with Gasteiger partial charge in [-0.05, 0) is 0 Å². The molecule has 0 saturated carbocycles. The van der Waals surface area contributed by atoms with Crippen LogP contribution in [0, 0.1) is 0 Å². The Bertz CT molecular complexity index is 51.3. The molecule has 0 bridgehead atoms. The molecule has 0 atom stereocenters. The van der Waals surface area contributed by atoms with Crippen LogP contribution in [0.3, 0.4) is 0 Å². The summed E-state index contributed by atoms with van der Waals surface area (Å²) < 4.78 is 0. The first-order valence-corrected chi connectivity index (χ1v) is 9.80. The van der Waals surface area contributed by atoms with Crippen molar-refractivity contribution in [1.82, 2.24) is 0 Å². The van der Waals surface area contributed by atoms with Crippen LogP contribution in [-0.2, 0) is 0 Å². The molecule has 2 heteroatoms. The van der Waals surface area contributed by atoms with Crippen LogP contribution in [0.15, 0.2) is 0 Å². The summed E-state index contributed by atoms with van der Waals surface area (Å²) in [5, 5.41) is 0. The Morgan fingerprint density at radius 3 is 1.25 bits per heavy atom. The van der Waals surface area contributed by atoms with E-state index in [1.165, 1.54) is 28.4 Å². The van der Waals surface area contributed by atoms with E-state index in [-0.39, 0.29) is 0 Å². The molecule has 0 aromatic rings. The fraction of sp³-hybridized carbons (Fsp3) is 1.00. The van der Waals surface area contributed by atoms with Crippen LogP contribution >= 0.6 is 6.81 Å². The van der Waals surface area contributed by atoms with Crippen molar-refractivity contribution < 1.29 is 0 Å². The summed E-state index contributed by atoms with van der Waals surface area (Å²) in [7, 11) is 1.51. The molecular formula is C6H19PSi. The third-order valence-electron chi connectivity index (χ3n) is 2.56. The summed E-state index contributed by atoms with van der Waals surface area (Å²) in [5.74, 6) is 0. The molecule has 0 saturated heterocycles. The fourth-order valence-electron chi connectivity index (χ4n) is 0.750. The van der Waals surface area contributed by atoms with Crippen LogP contribution < -0.4 is 0 Å². The van der Waals surface area contributed by atoms with Crippen molar-refractivity contribution in [3.05, 3.63) is 0 Å². The van der Waals surface area contributed by atoms with Gasteiger partial charge in [0, 0.05) is 0 Å². The van der Waals surface area contributed by atoms with Crippen LogP contribution in [0.1, 0.15) is 20.8 Å². The fourth-order valence-corrected chi connectivity index (χ4v) is 2.25. The zero-order valence-electron chi connectivity index (χ0n) is 6.62. The van der Waals surface area contributed by atoms with Gasteiger partial charge in [0.25, 0.3) is 0 Å². The van der Waals surface area contributed by atoms with Crippen molar-refractivity contribution in [2.45, 2.75) is 20.8 Å². The summed E-state index contributed by atoms with van der Waals surface area (Å²) in [4.78, 5) is 0. The average Bonchev–Trinajstić information content (AvgIpc) is 1.87. The molecule has 0 rings (SSSR count). The summed E-state index contributed by atoms with van der Waals surface area (Å²) in [5.41, 5.74) is 0. The van der Waals surface area contributed by atoms with Crippen LogP contribution in [-0.4, -0.2) is 28.4 Å². The molecule has 0 aliphatic heterocycles. The van der Waals surface area contributed by atoms with E-state index in [4.69, 9.17) is 0 Å². The van der Waals surface area contributed by atoms with Crippen molar-refractivity contribution in [2.24, 2.45) is 0 Å². The van der Waals surface area contributed by atoms with Gasteiger partial charge in [-0.3, -0.25) is 0 Å². The van der Waals surface area contributed by atoms with Crippen molar-refractivity contribution >= 4 is 16.7 Å². The number of rotatable bonds is 3. The summed E-state index contributed by atoms with van der Waals surface area (Å²) in [6.45, 7) is 6.57. The van der Waals surface area contributed by atoms with Gasteiger partial charge in [-0.25, -0.2) is 0 Å². The van der Waals surface area contributed by atoms with Crippen molar-refractivity contribution in [3.8, 4) is 0 Å². The summed E-state index contributed by atoms with van der Waals surface area (Å²) in [6.07, 6.45) is 4.56. The molecule has 0 aromatic carbocycles. The molecule has 0 aromatic heterocycles. The zero-order chi connectivity index (χ0) is 6.62. The van der Waals surface area contributed by atoms with Crippen LogP contribution in [0.4, 0.5) is 0 Å². The SMILES string of the molecule is CC[PH]([SiH3])(CC)CC. The van der Waals surface area contributed by atoms with E-state index in [0.717, 1.165) is 0 Å². The third kappa shape index (κ3) is 2.28. The standard InChI is InChI=1S/C6H19PSi/c1-4-7(8,5-2)6-3/h7H,4-6H2,1-3,8H3. The molecule has 0 heterocycles. The average molecular weight is 150 g/mol. The van der Waals surface area contributed by atoms with Gasteiger partial charge in [0.05, 0.1) is 0 Å². The Balaban J connectivity index is 3.58. The van der Waals surface area contributed by atoms with Crippen LogP contribution in [0.2, 0.25) is 0 Å². The maximum atomic E-state index is 2.37. The van der Waals surface area contributed by atoms with Gasteiger partial charge >= 0.3 is 56.0 Å². The van der Waals surface area contributed by atoms with E-state index in [1.54, 1.807) is 0 Å². The molecule has 0 nitrogen and oxygen atoms in total. The molecule has 0 aliphatic rings. The molecule has 0 amide bonds. The minimum absolute atomic E-state index is 0.532. The minimum atomic E-state index is -0.532. The molecule has 0 unspecified atom stereocenters. The van der Waals surface area contributed by atoms with Gasteiger partial charge in [0.15, 0.2) is 0 Å². The van der Waals surface area contributed by atoms with E-state index in [1.807, 2.05) is 0 Å². The first kappa shape index (κ1) is 8.65. The molecule has 0 spiro atoms. The van der Waals surface area contributed by atoms with Crippen LogP contribution in [0.5, 0.6) is 0 Å². The van der Waals surface area contributed by atoms with Gasteiger partial charge in [0.2, 0.25) is 0 Å². The van der Waals surface area contributed by atoms with Crippen molar-refractivity contribution in [1.29, 1.82) is 0 Å². The molecule has 0 N–H and O–H groups in total. The Labute approximate surface area is 56.7 Å². The molecule has 0 fully saturated rings. The van der Waals surface area contributed by atoms with E-state index in [9.17, 15) is 0 Å². The zero-order valence-corrected chi connectivity index (χ0v) is 9.62. The normalized spacial score (nSPS) is 14.4. The Morgan fingerprint density at radius 2 is 1.25 bits per heavy atom. The summed E-state index contributed by atoms with van der Waals surface area (Å²) in [6, 6.07) is 0. The van der Waals surface area contributed by atoms with Gasteiger partial charge in [0.1, 0.15) is 0 Å². The molecular weight excluding hydrogens is 131 g/mol. The molecule has 52 valence electrons. The van der Waals surface area contributed by atoms with Crippen molar-refractivity contribution in [3.63, 3.8) is 0 Å². The monoisotopic (exact) mass is 150 g/mol. The first-order chi connectivity index (χ1) is 3.68. The summed E-state index contributed by atoms with van der Waals surface area (Å²) >= 11 is 0. The quantitative estimate of drug-likeness (QED) is 0.417. The third-order valence-corrected chi connectivity index (χ3v) is 14.0. The Kier molecular flexibility index (Phi) is 3.92. The Hall–Kier alpha value is 0.647. The number of hydrogen-bond donors (Lipinski definition) is 0. The van der Waals surface area contributed by atoms with Crippen molar-refractivity contribution in [2.75, 3.05) is 18.5 Å². The van der Waals surface area contributed by atoms with E-state index in [2.05, 4.69) is 20.8 Å². The second-order valence-corrected chi connectivity index (χ2v) is 15.0. The van der Waals surface area contributed by atoms with E-state index >= 15 is 0 Å². The predicted octanol–water partition coefficient (Wildman–Crippen LogP) is 1.08. The van der Waals surface area contributed by atoms with Crippen LogP contribution in [0.25, 0.3) is 0 Å². The predicted molar refractivity (Wildman–Crippen MR) is 49.9 cm³/mol. The van der Waals surface area contributed by atoms with Gasteiger partial charge in [-0.2, -0.15) is 0 Å². The second kappa shape index (κ2) is 3.63. The van der Waals surface area contributed by atoms with Gasteiger partial charge in [-0.1, -0.05) is 0 Å².